The van der Waals surface area contributed by atoms with E-state index < -0.39 is 0 Å². The minimum absolute atomic E-state index is 0.223. The Bertz CT molecular complexity index is 423. The number of carbonyl (C=O) groups is 1. The third-order valence-electron chi connectivity index (χ3n) is 3.28. The second-order valence-electron chi connectivity index (χ2n) is 4.57. The van der Waals surface area contributed by atoms with E-state index >= 15 is 0 Å². The zero-order chi connectivity index (χ0) is 13.5. The highest BCUT2D eigenvalue weighted by molar-refractivity contribution is 5.67. The smallest absolute Gasteiger partial charge is 0.409 e. The first kappa shape index (κ1) is 13.6. The van der Waals surface area contributed by atoms with Crippen molar-refractivity contribution in [2.75, 3.05) is 39.8 Å². The van der Waals surface area contributed by atoms with Gasteiger partial charge in [0.25, 0.3) is 0 Å². The van der Waals surface area contributed by atoms with Crippen LogP contribution >= 0.6 is 0 Å². The van der Waals surface area contributed by atoms with Gasteiger partial charge in [0, 0.05) is 32.7 Å². The summed E-state index contributed by atoms with van der Waals surface area (Å²) in [5.74, 6) is 0. The van der Waals surface area contributed by atoms with Gasteiger partial charge in [-0.05, 0) is 5.56 Å². The number of piperazine rings is 1. The van der Waals surface area contributed by atoms with Crippen LogP contribution in [0.1, 0.15) is 5.56 Å². The van der Waals surface area contributed by atoms with E-state index in [1.54, 1.807) is 4.90 Å². The van der Waals surface area contributed by atoms with Gasteiger partial charge in [-0.2, -0.15) is 0 Å². The van der Waals surface area contributed by atoms with Crippen LogP contribution < -0.4 is 0 Å². The summed E-state index contributed by atoms with van der Waals surface area (Å²) in [6.45, 7) is 4.20. The van der Waals surface area contributed by atoms with Gasteiger partial charge in [-0.15, -0.1) is 0 Å². The Labute approximate surface area is 114 Å². The maximum absolute atomic E-state index is 11.3. The van der Waals surface area contributed by atoms with E-state index in [0.29, 0.717) is 0 Å². The van der Waals surface area contributed by atoms with Gasteiger partial charge in [0.1, 0.15) is 0 Å². The summed E-state index contributed by atoms with van der Waals surface area (Å²) in [7, 11) is 1.43. The van der Waals surface area contributed by atoms with E-state index in [-0.39, 0.29) is 6.09 Å². The van der Waals surface area contributed by atoms with Crippen LogP contribution in [0, 0.1) is 0 Å². The van der Waals surface area contributed by atoms with Crippen LogP contribution in [0.4, 0.5) is 4.79 Å². The highest BCUT2D eigenvalue weighted by atomic mass is 16.5. The number of carbonyl (C=O) groups excluding carboxylic acids is 1. The Hall–Kier alpha value is -1.81. The largest absolute Gasteiger partial charge is 0.453 e. The molecule has 2 rings (SSSR count). The molecule has 0 aliphatic carbocycles. The SMILES string of the molecule is COC(=O)N1CCN(C/C=C/c2ccccc2)CC1. The van der Waals surface area contributed by atoms with Gasteiger partial charge >= 0.3 is 6.09 Å². The maximum atomic E-state index is 11.3. The summed E-state index contributed by atoms with van der Waals surface area (Å²) in [5, 5.41) is 0. The monoisotopic (exact) mass is 260 g/mol. The van der Waals surface area contributed by atoms with Gasteiger partial charge in [-0.1, -0.05) is 42.5 Å². The Balaban J connectivity index is 1.74. The second-order valence-corrected chi connectivity index (χ2v) is 4.57. The molecule has 19 heavy (non-hydrogen) atoms. The van der Waals surface area contributed by atoms with Gasteiger partial charge in [-0.3, -0.25) is 4.90 Å². The average Bonchev–Trinajstić information content (AvgIpc) is 2.48. The van der Waals surface area contributed by atoms with E-state index in [4.69, 9.17) is 4.74 Å². The predicted molar refractivity (Wildman–Crippen MR) is 75.9 cm³/mol. The quantitative estimate of drug-likeness (QED) is 0.834. The van der Waals surface area contributed by atoms with E-state index in [2.05, 4.69) is 29.2 Å². The molecule has 0 bridgehead atoms. The van der Waals surface area contributed by atoms with Crippen LogP contribution in [-0.2, 0) is 4.74 Å². The molecular formula is C15H20N2O2. The maximum Gasteiger partial charge on any atom is 0.409 e. The Morgan fingerprint density at radius 2 is 1.89 bits per heavy atom. The highest BCUT2D eigenvalue weighted by Gasteiger charge is 2.20. The van der Waals surface area contributed by atoms with Crippen LogP contribution in [0.3, 0.4) is 0 Å². The molecule has 1 saturated heterocycles. The Kier molecular flexibility index (Phi) is 4.98. The molecule has 0 unspecified atom stereocenters. The van der Waals surface area contributed by atoms with E-state index in [1.165, 1.54) is 12.7 Å². The first-order chi connectivity index (χ1) is 9.29. The Morgan fingerprint density at radius 1 is 1.21 bits per heavy atom. The minimum atomic E-state index is -0.223. The van der Waals surface area contributed by atoms with Gasteiger partial charge in [0.2, 0.25) is 0 Å². The van der Waals surface area contributed by atoms with Gasteiger partial charge in [0.15, 0.2) is 0 Å². The minimum Gasteiger partial charge on any atom is -0.453 e. The first-order valence-corrected chi connectivity index (χ1v) is 6.56. The lowest BCUT2D eigenvalue weighted by atomic mass is 10.2. The standard InChI is InChI=1S/C15H20N2O2/c1-19-15(18)17-12-10-16(11-13-17)9-5-8-14-6-3-2-4-7-14/h2-8H,9-13H2,1H3/b8-5+. The normalized spacial score (nSPS) is 16.8. The predicted octanol–water partition coefficient (Wildman–Crippen LogP) is 2.08. The molecule has 0 aromatic heterocycles. The van der Waals surface area contributed by atoms with Gasteiger partial charge < -0.3 is 9.64 Å². The molecule has 102 valence electrons. The van der Waals surface area contributed by atoms with E-state index in [0.717, 1.165) is 32.7 Å². The van der Waals surface area contributed by atoms with Crippen molar-refractivity contribution in [1.82, 2.24) is 9.80 Å². The van der Waals surface area contributed by atoms with Gasteiger partial charge in [-0.25, -0.2) is 4.79 Å². The van der Waals surface area contributed by atoms with Crippen molar-refractivity contribution in [2.45, 2.75) is 0 Å². The molecule has 1 aliphatic rings. The topological polar surface area (TPSA) is 32.8 Å². The lowest BCUT2D eigenvalue weighted by Gasteiger charge is -2.33. The van der Waals surface area contributed by atoms with Crippen molar-refractivity contribution in [2.24, 2.45) is 0 Å². The summed E-state index contributed by atoms with van der Waals surface area (Å²) in [4.78, 5) is 15.4. The lowest BCUT2D eigenvalue weighted by Crippen LogP contribution is -2.48. The molecule has 1 aliphatic heterocycles. The van der Waals surface area contributed by atoms with Crippen molar-refractivity contribution in [3.05, 3.63) is 42.0 Å². The molecule has 4 heteroatoms. The molecule has 1 aromatic carbocycles. The number of ether oxygens (including phenoxy) is 1. The number of methoxy groups -OCH3 is 1. The van der Waals surface area contributed by atoms with E-state index in [9.17, 15) is 4.79 Å². The van der Waals surface area contributed by atoms with Gasteiger partial charge in [0.05, 0.1) is 7.11 Å². The summed E-state index contributed by atoms with van der Waals surface area (Å²) in [6.07, 6.45) is 4.08. The van der Waals surface area contributed by atoms with Crippen LogP contribution in [-0.4, -0.2) is 55.7 Å². The number of amides is 1. The summed E-state index contributed by atoms with van der Waals surface area (Å²) in [5.41, 5.74) is 1.22. The fourth-order valence-corrected chi connectivity index (χ4v) is 2.14. The Morgan fingerprint density at radius 3 is 2.53 bits per heavy atom. The number of benzene rings is 1. The van der Waals surface area contributed by atoms with Crippen LogP contribution in [0.15, 0.2) is 36.4 Å². The molecule has 1 fully saturated rings. The van der Waals surface area contributed by atoms with Crippen LogP contribution in [0.5, 0.6) is 0 Å². The fourth-order valence-electron chi connectivity index (χ4n) is 2.14. The first-order valence-electron chi connectivity index (χ1n) is 6.56. The van der Waals surface area contributed by atoms with Crippen molar-refractivity contribution in [1.29, 1.82) is 0 Å². The molecule has 1 aromatic rings. The lowest BCUT2D eigenvalue weighted by molar-refractivity contribution is 0.0946. The number of hydrogen-bond acceptors (Lipinski definition) is 3. The zero-order valence-electron chi connectivity index (χ0n) is 11.3. The zero-order valence-corrected chi connectivity index (χ0v) is 11.3. The van der Waals surface area contributed by atoms with Crippen molar-refractivity contribution < 1.29 is 9.53 Å². The van der Waals surface area contributed by atoms with Crippen LogP contribution in [0.2, 0.25) is 0 Å². The van der Waals surface area contributed by atoms with Crippen molar-refractivity contribution >= 4 is 12.2 Å². The molecule has 1 heterocycles. The summed E-state index contributed by atoms with van der Waals surface area (Å²) < 4.78 is 4.72. The third-order valence-corrected chi connectivity index (χ3v) is 3.28. The molecule has 1 amide bonds. The molecule has 0 spiro atoms. The number of hydrogen-bond donors (Lipinski definition) is 0. The van der Waals surface area contributed by atoms with Crippen molar-refractivity contribution in [3.8, 4) is 0 Å². The summed E-state index contributed by atoms with van der Waals surface area (Å²) in [6, 6.07) is 10.3. The average molecular weight is 260 g/mol. The molecule has 0 N–H and O–H groups in total. The number of rotatable bonds is 3. The molecule has 4 nitrogen and oxygen atoms in total. The highest BCUT2D eigenvalue weighted by Crippen LogP contribution is 2.05. The number of nitrogens with zero attached hydrogens (tertiary/aromatic N) is 2. The molecule has 0 saturated carbocycles. The van der Waals surface area contributed by atoms with Crippen molar-refractivity contribution in [3.63, 3.8) is 0 Å². The fraction of sp³-hybridized carbons (Fsp3) is 0.400. The van der Waals surface area contributed by atoms with E-state index in [1.807, 2.05) is 18.2 Å². The molecule has 0 radical (unpaired) electrons. The van der Waals surface area contributed by atoms with Crippen LogP contribution in [0.25, 0.3) is 6.08 Å². The second kappa shape index (κ2) is 6.95. The summed E-state index contributed by atoms with van der Waals surface area (Å²) >= 11 is 0. The molecule has 0 atom stereocenters. The third kappa shape index (κ3) is 4.10. The molecular weight excluding hydrogens is 240 g/mol.